The summed E-state index contributed by atoms with van der Waals surface area (Å²) in [7, 11) is 0. The molecular formula is C23H29BrFN7O6. The van der Waals surface area contributed by atoms with Crippen molar-refractivity contribution in [3.8, 4) is 0 Å². The number of carbonyl (C=O) groups excluding carboxylic acids is 2. The first-order valence-corrected chi connectivity index (χ1v) is 12.8. The number of halogens is 2. The summed E-state index contributed by atoms with van der Waals surface area (Å²) in [5, 5.41) is 24.5. The van der Waals surface area contributed by atoms with Crippen molar-refractivity contribution in [2.24, 2.45) is 0 Å². The molecule has 0 saturated carbocycles. The highest BCUT2D eigenvalue weighted by Crippen LogP contribution is 2.29. The van der Waals surface area contributed by atoms with Crippen LogP contribution in [0.3, 0.4) is 0 Å². The number of β-amino-alcohol motifs (C(OH)–C–C–N with tert-alkyl or cyclic N) is 1. The molecule has 1 aromatic carbocycles. The van der Waals surface area contributed by atoms with Gasteiger partial charge in [-0.1, -0.05) is 0 Å². The lowest BCUT2D eigenvalue weighted by molar-refractivity contribution is -0.389. The Hall–Kier alpha value is -3.30. The van der Waals surface area contributed by atoms with E-state index < -0.39 is 28.5 Å². The standard InChI is InChI=1S/C23H29BrFN7O6/c1-15(33)26-10-17-11-31(22(34)38-17)16-3-4-19(18(25)9-16)29-7-5-28(6-8-29)13-23(2,35)14-30-12-20(32(36)37)27-21(30)24/h3-4,9,12,17,35H,5-8,10-11,13-14H2,1-2H3,(H,26,33). The van der Waals surface area contributed by atoms with Crippen LogP contribution in [0.2, 0.25) is 0 Å². The number of piperazine rings is 1. The Morgan fingerprint density at radius 1 is 1.34 bits per heavy atom. The average molecular weight is 598 g/mol. The van der Waals surface area contributed by atoms with Gasteiger partial charge in [-0.25, -0.2) is 9.18 Å². The summed E-state index contributed by atoms with van der Waals surface area (Å²) in [4.78, 5) is 42.8. The molecule has 38 heavy (non-hydrogen) atoms. The molecule has 2 aliphatic rings. The molecule has 3 heterocycles. The summed E-state index contributed by atoms with van der Waals surface area (Å²) in [6.07, 6.45) is 0.170. The minimum absolute atomic E-state index is 0.106. The molecule has 2 aromatic rings. The second-order valence-corrected chi connectivity index (χ2v) is 10.4. The lowest BCUT2D eigenvalue weighted by atomic mass is 10.1. The molecule has 0 spiro atoms. The molecule has 4 rings (SSSR count). The van der Waals surface area contributed by atoms with E-state index in [0.717, 1.165) is 0 Å². The highest BCUT2D eigenvalue weighted by atomic mass is 79.9. The van der Waals surface area contributed by atoms with E-state index in [2.05, 4.69) is 31.1 Å². The van der Waals surface area contributed by atoms with Crippen LogP contribution in [0.4, 0.5) is 26.4 Å². The number of nitro groups is 1. The van der Waals surface area contributed by atoms with Crippen LogP contribution < -0.4 is 15.1 Å². The van der Waals surface area contributed by atoms with Gasteiger partial charge in [0, 0.05) is 55.6 Å². The van der Waals surface area contributed by atoms with Gasteiger partial charge in [0.1, 0.15) is 18.1 Å². The molecule has 2 aliphatic heterocycles. The summed E-state index contributed by atoms with van der Waals surface area (Å²) in [5.41, 5.74) is -0.395. The van der Waals surface area contributed by atoms with Crippen molar-refractivity contribution in [3.63, 3.8) is 0 Å². The van der Waals surface area contributed by atoms with Crippen molar-refractivity contribution in [2.75, 3.05) is 55.6 Å². The van der Waals surface area contributed by atoms with Gasteiger partial charge < -0.3 is 30.2 Å². The van der Waals surface area contributed by atoms with Crippen LogP contribution in [0.25, 0.3) is 0 Å². The number of hydrogen-bond acceptors (Lipinski definition) is 9. The second-order valence-electron chi connectivity index (χ2n) is 9.70. The average Bonchev–Trinajstić information content (AvgIpc) is 3.40. The molecule has 2 atom stereocenters. The van der Waals surface area contributed by atoms with Crippen LogP contribution in [0.15, 0.2) is 29.1 Å². The van der Waals surface area contributed by atoms with Gasteiger partial charge in [0.15, 0.2) is 0 Å². The monoisotopic (exact) mass is 597 g/mol. The Morgan fingerprint density at radius 3 is 2.66 bits per heavy atom. The SMILES string of the molecule is CC(=O)NCC1CN(c2ccc(N3CCN(CC(C)(O)Cn4cc([N+](=O)[O-])nc4Br)CC3)c(F)c2)C(=O)O1. The van der Waals surface area contributed by atoms with Crippen LogP contribution in [-0.2, 0) is 16.1 Å². The zero-order valence-electron chi connectivity index (χ0n) is 21.0. The van der Waals surface area contributed by atoms with E-state index in [-0.39, 0.29) is 36.1 Å². The van der Waals surface area contributed by atoms with Crippen molar-refractivity contribution in [3.05, 3.63) is 45.1 Å². The number of aliphatic hydroxyl groups is 1. The summed E-state index contributed by atoms with van der Waals surface area (Å²) in [5.74, 6) is -0.996. The van der Waals surface area contributed by atoms with Gasteiger partial charge in [0.05, 0.1) is 36.6 Å². The minimum atomic E-state index is -1.19. The number of ether oxygens (including phenoxy) is 1. The Morgan fingerprint density at radius 2 is 2.05 bits per heavy atom. The van der Waals surface area contributed by atoms with E-state index in [0.29, 0.717) is 44.1 Å². The zero-order chi connectivity index (χ0) is 27.6. The number of amides is 2. The first-order chi connectivity index (χ1) is 17.9. The molecule has 1 aromatic heterocycles. The molecular weight excluding hydrogens is 569 g/mol. The Bertz CT molecular complexity index is 1220. The lowest BCUT2D eigenvalue weighted by Gasteiger charge is -2.39. The molecule has 13 nitrogen and oxygen atoms in total. The molecule has 0 aliphatic carbocycles. The first-order valence-electron chi connectivity index (χ1n) is 12.0. The number of aromatic nitrogens is 2. The van der Waals surface area contributed by atoms with Crippen LogP contribution in [0.5, 0.6) is 0 Å². The number of imidazole rings is 1. The van der Waals surface area contributed by atoms with E-state index >= 15 is 4.39 Å². The fourth-order valence-corrected chi connectivity index (χ4v) is 5.05. The van der Waals surface area contributed by atoms with Crippen molar-refractivity contribution in [1.29, 1.82) is 0 Å². The van der Waals surface area contributed by atoms with E-state index in [1.807, 2.05) is 4.90 Å². The normalized spacial score (nSPS) is 19.8. The van der Waals surface area contributed by atoms with Gasteiger partial charge in [0.2, 0.25) is 5.91 Å². The smallest absolute Gasteiger partial charge is 0.414 e. The fourth-order valence-electron chi connectivity index (χ4n) is 4.64. The number of hydrogen-bond donors (Lipinski definition) is 2. The summed E-state index contributed by atoms with van der Waals surface area (Å²) in [6, 6.07) is 4.60. The van der Waals surface area contributed by atoms with Crippen LogP contribution in [0.1, 0.15) is 13.8 Å². The maximum atomic E-state index is 15.1. The molecule has 0 radical (unpaired) electrons. The minimum Gasteiger partial charge on any atom is -0.442 e. The predicted molar refractivity (Wildman–Crippen MR) is 139 cm³/mol. The maximum absolute atomic E-state index is 15.1. The Labute approximate surface area is 226 Å². The molecule has 2 saturated heterocycles. The number of cyclic esters (lactones) is 1. The first kappa shape index (κ1) is 27.7. The highest BCUT2D eigenvalue weighted by Gasteiger charge is 2.34. The zero-order valence-corrected chi connectivity index (χ0v) is 22.6. The van der Waals surface area contributed by atoms with Gasteiger partial charge in [-0.2, -0.15) is 0 Å². The summed E-state index contributed by atoms with van der Waals surface area (Å²) in [6.45, 7) is 6.05. The number of carbonyl (C=O) groups is 2. The van der Waals surface area contributed by atoms with Gasteiger partial charge in [0.25, 0.3) is 4.73 Å². The van der Waals surface area contributed by atoms with Crippen molar-refractivity contribution < 1.29 is 28.7 Å². The third-order valence-corrected chi connectivity index (χ3v) is 7.02. The number of benzene rings is 1. The molecule has 2 unspecified atom stereocenters. The predicted octanol–water partition coefficient (Wildman–Crippen LogP) is 1.73. The maximum Gasteiger partial charge on any atom is 0.414 e. The number of nitrogens with zero attached hydrogens (tertiary/aromatic N) is 6. The van der Waals surface area contributed by atoms with Gasteiger partial charge in [-0.15, -0.1) is 0 Å². The molecule has 2 amide bonds. The summed E-state index contributed by atoms with van der Waals surface area (Å²) < 4.78 is 22.1. The van der Waals surface area contributed by atoms with Crippen LogP contribution in [-0.4, -0.2) is 94.0 Å². The quantitative estimate of drug-likeness (QED) is 0.326. The second kappa shape index (κ2) is 11.2. The van der Waals surface area contributed by atoms with Crippen LogP contribution in [0, 0.1) is 15.9 Å². The molecule has 15 heteroatoms. The topological polar surface area (TPSA) is 146 Å². The molecule has 2 fully saturated rings. The largest absolute Gasteiger partial charge is 0.442 e. The van der Waals surface area contributed by atoms with Crippen LogP contribution >= 0.6 is 15.9 Å². The fraction of sp³-hybridized carbons (Fsp3) is 0.522. The van der Waals surface area contributed by atoms with Gasteiger partial charge >= 0.3 is 11.9 Å². The van der Waals surface area contributed by atoms with E-state index in [1.165, 1.54) is 28.7 Å². The van der Waals surface area contributed by atoms with Gasteiger partial charge in [-0.3, -0.25) is 19.2 Å². The highest BCUT2D eigenvalue weighted by molar-refractivity contribution is 9.10. The number of rotatable bonds is 9. The van der Waals surface area contributed by atoms with E-state index in [1.54, 1.807) is 19.1 Å². The third-order valence-electron chi connectivity index (χ3n) is 6.39. The molecule has 0 bridgehead atoms. The summed E-state index contributed by atoms with van der Waals surface area (Å²) >= 11 is 3.19. The Kier molecular flexibility index (Phi) is 8.18. The molecule has 2 N–H and O–H groups in total. The van der Waals surface area contributed by atoms with Crippen molar-refractivity contribution >= 4 is 45.1 Å². The van der Waals surface area contributed by atoms with Gasteiger partial charge in [-0.05, 0) is 35.0 Å². The third kappa shape index (κ3) is 6.57. The van der Waals surface area contributed by atoms with Crippen molar-refractivity contribution in [2.45, 2.75) is 32.1 Å². The van der Waals surface area contributed by atoms with Crippen molar-refractivity contribution in [1.82, 2.24) is 19.8 Å². The Balaban J connectivity index is 1.32. The molecule has 206 valence electrons. The van der Waals surface area contributed by atoms with E-state index in [9.17, 15) is 24.8 Å². The van der Waals surface area contributed by atoms with E-state index in [4.69, 9.17) is 4.74 Å². The number of nitrogens with one attached hydrogen (secondary N) is 1. The number of anilines is 2. The lowest BCUT2D eigenvalue weighted by Crippen LogP contribution is -2.52.